The molecule has 28 heavy (non-hydrogen) atoms. The Kier molecular flexibility index (Phi) is 6.29. The number of anilines is 2. The normalized spacial score (nSPS) is 14.6. The van der Waals surface area contributed by atoms with E-state index in [9.17, 15) is 14.0 Å². The van der Waals surface area contributed by atoms with Crippen LogP contribution in [0.1, 0.15) is 18.4 Å². The molecule has 0 bridgehead atoms. The summed E-state index contributed by atoms with van der Waals surface area (Å²) in [5, 5.41) is 2.96. The highest BCUT2D eigenvalue weighted by Crippen LogP contribution is 2.22. The minimum Gasteiger partial charge on any atom is -0.378 e. The zero-order valence-corrected chi connectivity index (χ0v) is 16.3. The van der Waals surface area contributed by atoms with E-state index in [1.165, 1.54) is 6.07 Å². The van der Waals surface area contributed by atoms with Crippen LogP contribution in [0.5, 0.6) is 0 Å². The number of hydrogen-bond acceptors (Lipinski definition) is 3. The van der Waals surface area contributed by atoms with Crippen LogP contribution in [0.4, 0.5) is 15.8 Å². The third-order valence-corrected chi connectivity index (χ3v) is 5.17. The molecular formula is C22H26FN3O2. The second-order valence-electron chi connectivity index (χ2n) is 7.35. The van der Waals surface area contributed by atoms with Gasteiger partial charge in [0.1, 0.15) is 5.82 Å². The van der Waals surface area contributed by atoms with Crippen LogP contribution < -0.4 is 10.2 Å². The van der Waals surface area contributed by atoms with Gasteiger partial charge >= 0.3 is 0 Å². The van der Waals surface area contributed by atoms with Crippen molar-refractivity contribution in [3.8, 4) is 0 Å². The highest BCUT2D eigenvalue weighted by Gasteiger charge is 2.27. The topological polar surface area (TPSA) is 52.7 Å². The van der Waals surface area contributed by atoms with Crippen molar-refractivity contribution < 1.29 is 14.0 Å². The summed E-state index contributed by atoms with van der Waals surface area (Å²) in [6.45, 7) is 1.04. The van der Waals surface area contributed by atoms with Crippen molar-refractivity contribution in [1.82, 2.24) is 4.90 Å². The summed E-state index contributed by atoms with van der Waals surface area (Å²) in [6, 6.07) is 14.0. The highest BCUT2D eigenvalue weighted by atomic mass is 19.1. The van der Waals surface area contributed by atoms with Crippen molar-refractivity contribution in [1.29, 1.82) is 0 Å². The molecule has 0 atom stereocenters. The quantitative estimate of drug-likeness (QED) is 0.862. The molecule has 2 aromatic rings. The first-order valence-corrected chi connectivity index (χ1v) is 9.53. The standard InChI is InChI=1S/C22H26FN3O2/c1-25(2)19-9-7-18(8-10-19)24-22(28)16-11-13-26(14-12-16)21(27)15-17-5-3-4-6-20(17)23/h3-10,16H,11-15H2,1-2H3,(H,24,28). The molecule has 1 saturated heterocycles. The Balaban J connectivity index is 1.49. The van der Waals surface area contributed by atoms with Crippen LogP contribution in [0, 0.1) is 11.7 Å². The summed E-state index contributed by atoms with van der Waals surface area (Å²) < 4.78 is 13.7. The minimum atomic E-state index is -0.356. The molecule has 1 aliphatic rings. The van der Waals surface area contributed by atoms with Crippen LogP contribution in [0.25, 0.3) is 0 Å². The van der Waals surface area contributed by atoms with Crippen molar-refractivity contribution in [2.45, 2.75) is 19.3 Å². The maximum Gasteiger partial charge on any atom is 0.227 e. The third-order valence-electron chi connectivity index (χ3n) is 5.17. The molecule has 0 aromatic heterocycles. The average molecular weight is 383 g/mol. The zero-order valence-electron chi connectivity index (χ0n) is 16.3. The predicted octanol–water partition coefficient (Wildman–Crippen LogP) is 3.31. The maximum atomic E-state index is 13.7. The summed E-state index contributed by atoms with van der Waals surface area (Å²) in [7, 11) is 3.93. The van der Waals surface area contributed by atoms with E-state index >= 15 is 0 Å². The first-order chi connectivity index (χ1) is 13.4. The Hall–Kier alpha value is -2.89. The van der Waals surface area contributed by atoms with Crippen molar-refractivity contribution in [2.75, 3.05) is 37.4 Å². The van der Waals surface area contributed by atoms with Crippen molar-refractivity contribution in [3.63, 3.8) is 0 Å². The number of hydrogen-bond donors (Lipinski definition) is 1. The maximum absolute atomic E-state index is 13.7. The molecule has 1 aliphatic heterocycles. The van der Waals surface area contributed by atoms with Gasteiger partial charge in [-0.15, -0.1) is 0 Å². The number of benzene rings is 2. The van der Waals surface area contributed by atoms with Crippen LogP contribution in [0.15, 0.2) is 48.5 Å². The van der Waals surface area contributed by atoms with Gasteiger partial charge in [0.25, 0.3) is 0 Å². The van der Waals surface area contributed by atoms with Crippen LogP contribution in [0.2, 0.25) is 0 Å². The van der Waals surface area contributed by atoms with Gasteiger partial charge in [-0.3, -0.25) is 9.59 Å². The van der Waals surface area contributed by atoms with Gasteiger partial charge in [-0.05, 0) is 48.7 Å². The first-order valence-electron chi connectivity index (χ1n) is 9.53. The lowest BCUT2D eigenvalue weighted by atomic mass is 9.95. The van der Waals surface area contributed by atoms with Gasteiger partial charge < -0.3 is 15.1 Å². The molecule has 2 amide bonds. The summed E-state index contributed by atoms with van der Waals surface area (Å²) in [5.74, 6) is -0.585. The molecule has 148 valence electrons. The molecule has 0 spiro atoms. The van der Waals surface area contributed by atoms with Crippen LogP contribution in [-0.2, 0) is 16.0 Å². The lowest BCUT2D eigenvalue weighted by Gasteiger charge is -2.31. The second-order valence-corrected chi connectivity index (χ2v) is 7.35. The van der Waals surface area contributed by atoms with E-state index in [0.29, 0.717) is 31.5 Å². The molecule has 0 aliphatic carbocycles. The lowest BCUT2D eigenvalue weighted by molar-refractivity contribution is -0.133. The largest absolute Gasteiger partial charge is 0.378 e. The van der Waals surface area contributed by atoms with E-state index in [1.807, 2.05) is 43.3 Å². The number of nitrogens with zero attached hydrogens (tertiary/aromatic N) is 2. The Morgan fingerprint density at radius 3 is 2.32 bits per heavy atom. The molecule has 1 fully saturated rings. The number of piperidine rings is 1. The Morgan fingerprint density at radius 1 is 1.07 bits per heavy atom. The van der Waals surface area contributed by atoms with E-state index in [-0.39, 0.29) is 30.0 Å². The van der Waals surface area contributed by atoms with Gasteiger partial charge in [0.15, 0.2) is 0 Å². The van der Waals surface area contributed by atoms with Crippen LogP contribution in [0.3, 0.4) is 0 Å². The summed E-state index contributed by atoms with van der Waals surface area (Å²) in [5.41, 5.74) is 2.25. The minimum absolute atomic E-state index is 0.0150. The van der Waals surface area contributed by atoms with Crippen LogP contribution >= 0.6 is 0 Å². The third kappa shape index (κ3) is 4.88. The predicted molar refractivity (Wildman–Crippen MR) is 109 cm³/mol. The van der Waals surface area contributed by atoms with E-state index in [1.54, 1.807) is 23.1 Å². The number of amides is 2. The van der Waals surface area contributed by atoms with Crippen LogP contribution in [-0.4, -0.2) is 43.9 Å². The molecule has 3 rings (SSSR count). The SMILES string of the molecule is CN(C)c1ccc(NC(=O)C2CCN(C(=O)Cc3ccccc3F)CC2)cc1. The zero-order chi connectivity index (χ0) is 20.1. The number of rotatable bonds is 5. The van der Waals surface area contributed by atoms with E-state index in [0.717, 1.165) is 11.4 Å². The van der Waals surface area contributed by atoms with Crippen molar-refractivity contribution >= 4 is 23.2 Å². The molecule has 0 radical (unpaired) electrons. The van der Waals surface area contributed by atoms with Crippen molar-refractivity contribution in [3.05, 3.63) is 59.9 Å². The first kappa shape index (κ1) is 19.9. The summed E-state index contributed by atoms with van der Waals surface area (Å²) >= 11 is 0. The molecule has 2 aromatic carbocycles. The Bertz CT molecular complexity index is 828. The Labute approximate surface area is 165 Å². The van der Waals surface area contributed by atoms with Gasteiger partial charge in [-0.25, -0.2) is 4.39 Å². The number of carbonyl (C=O) groups is 2. The van der Waals surface area contributed by atoms with Gasteiger partial charge in [-0.1, -0.05) is 18.2 Å². The highest BCUT2D eigenvalue weighted by molar-refractivity contribution is 5.93. The smallest absolute Gasteiger partial charge is 0.227 e. The fourth-order valence-electron chi connectivity index (χ4n) is 3.39. The monoisotopic (exact) mass is 383 g/mol. The average Bonchev–Trinajstić information content (AvgIpc) is 2.70. The van der Waals surface area contributed by atoms with Gasteiger partial charge in [-0.2, -0.15) is 0 Å². The van der Waals surface area contributed by atoms with E-state index in [4.69, 9.17) is 0 Å². The lowest BCUT2D eigenvalue weighted by Crippen LogP contribution is -2.42. The molecule has 0 saturated carbocycles. The molecule has 0 unspecified atom stereocenters. The molecular weight excluding hydrogens is 357 g/mol. The van der Waals surface area contributed by atoms with Gasteiger partial charge in [0.2, 0.25) is 11.8 Å². The second kappa shape index (κ2) is 8.87. The fourth-order valence-corrected chi connectivity index (χ4v) is 3.39. The molecule has 1 N–H and O–H groups in total. The van der Waals surface area contributed by atoms with Gasteiger partial charge in [0, 0.05) is 44.5 Å². The molecule has 6 heteroatoms. The summed E-state index contributed by atoms with van der Waals surface area (Å²) in [6.07, 6.45) is 1.29. The van der Waals surface area contributed by atoms with E-state index in [2.05, 4.69) is 5.32 Å². The van der Waals surface area contributed by atoms with Gasteiger partial charge in [0.05, 0.1) is 6.42 Å². The number of halogens is 1. The Morgan fingerprint density at radius 2 is 1.71 bits per heavy atom. The van der Waals surface area contributed by atoms with Crippen molar-refractivity contribution in [2.24, 2.45) is 5.92 Å². The fraction of sp³-hybridized carbons (Fsp3) is 0.364. The number of carbonyl (C=O) groups excluding carboxylic acids is 2. The molecule has 1 heterocycles. The van der Waals surface area contributed by atoms with E-state index < -0.39 is 0 Å². The number of nitrogens with one attached hydrogen (secondary N) is 1. The molecule has 5 nitrogen and oxygen atoms in total. The number of likely N-dealkylation sites (tertiary alicyclic amines) is 1. The summed E-state index contributed by atoms with van der Waals surface area (Å²) in [4.78, 5) is 28.7.